The Hall–Kier alpha value is -2.13. The van der Waals surface area contributed by atoms with Crippen LogP contribution in [0.15, 0.2) is 54.6 Å². The monoisotopic (exact) mass is 267 g/mol. The third kappa shape index (κ3) is 2.58. The van der Waals surface area contributed by atoms with Gasteiger partial charge in [0.25, 0.3) is 0 Å². The highest BCUT2D eigenvalue weighted by atomic mass is 16.4. The zero-order chi connectivity index (χ0) is 13.9. The number of aliphatic carboxylic acids is 1. The Morgan fingerprint density at radius 1 is 1.05 bits per heavy atom. The second-order valence-electron chi connectivity index (χ2n) is 5.22. The van der Waals surface area contributed by atoms with Crippen molar-refractivity contribution >= 4 is 5.97 Å². The number of nitrogens with zero attached hydrogens (tertiary/aromatic N) is 1. The number of fused-ring (bicyclic) bond motifs is 1. The molecule has 3 nitrogen and oxygen atoms in total. The minimum atomic E-state index is -0.740. The zero-order valence-corrected chi connectivity index (χ0v) is 11.2. The molecule has 1 atom stereocenters. The normalized spacial score (nSPS) is 18.5. The average Bonchev–Trinajstić information content (AvgIpc) is 2.47. The van der Waals surface area contributed by atoms with Crippen LogP contribution in [-0.4, -0.2) is 22.0 Å². The van der Waals surface area contributed by atoms with Crippen LogP contribution < -0.4 is 0 Å². The van der Waals surface area contributed by atoms with Crippen molar-refractivity contribution in [1.82, 2.24) is 4.90 Å². The molecule has 3 rings (SSSR count). The van der Waals surface area contributed by atoms with Gasteiger partial charge in [-0.1, -0.05) is 54.6 Å². The van der Waals surface area contributed by atoms with Gasteiger partial charge in [0, 0.05) is 13.1 Å². The maximum atomic E-state index is 11.5. The third-order valence-electron chi connectivity index (χ3n) is 3.86. The van der Waals surface area contributed by atoms with Gasteiger partial charge in [-0.3, -0.25) is 9.69 Å². The number of benzene rings is 2. The Balaban J connectivity index is 1.87. The zero-order valence-electron chi connectivity index (χ0n) is 11.2. The fourth-order valence-corrected chi connectivity index (χ4v) is 2.80. The second-order valence-corrected chi connectivity index (χ2v) is 5.22. The van der Waals surface area contributed by atoms with E-state index in [0.29, 0.717) is 19.5 Å². The molecule has 0 unspecified atom stereocenters. The van der Waals surface area contributed by atoms with Gasteiger partial charge in [-0.15, -0.1) is 0 Å². The van der Waals surface area contributed by atoms with E-state index in [2.05, 4.69) is 6.07 Å². The van der Waals surface area contributed by atoms with Crippen LogP contribution in [0.1, 0.15) is 16.7 Å². The first kappa shape index (κ1) is 12.9. The number of hydrogen-bond acceptors (Lipinski definition) is 2. The maximum absolute atomic E-state index is 11.5. The lowest BCUT2D eigenvalue weighted by Crippen LogP contribution is -2.44. The molecule has 0 saturated heterocycles. The van der Waals surface area contributed by atoms with Crippen LogP contribution >= 0.6 is 0 Å². The number of carbonyl (C=O) groups is 1. The standard InChI is InChI=1S/C17H17NO2/c19-17(20)16-10-14-8-4-5-9-15(14)12-18(16)11-13-6-2-1-3-7-13/h1-9,16H,10-12H2,(H,19,20)/t16-/m1/s1. The van der Waals surface area contributed by atoms with Crippen LogP contribution in [0.5, 0.6) is 0 Å². The summed E-state index contributed by atoms with van der Waals surface area (Å²) in [4.78, 5) is 13.6. The molecular formula is C17H17NO2. The summed E-state index contributed by atoms with van der Waals surface area (Å²) in [7, 11) is 0. The van der Waals surface area contributed by atoms with Crippen molar-refractivity contribution in [2.45, 2.75) is 25.6 Å². The lowest BCUT2D eigenvalue weighted by molar-refractivity contribution is -0.144. The first-order chi connectivity index (χ1) is 9.74. The minimum absolute atomic E-state index is 0.440. The summed E-state index contributed by atoms with van der Waals surface area (Å²) in [6.45, 7) is 1.37. The van der Waals surface area contributed by atoms with Crippen molar-refractivity contribution in [2.75, 3.05) is 0 Å². The summed E-state index contributed by atoms with van der Waals surface area (Å²) < 4.78 is 0. The van der Waals surface area contributed by atoms with Crippen LogP contribution in [-0.2, 0) is 24.3 Å². The quantitative estimate of drug-likeness (QED) is 0.929. The molecule has 0 spiro atoms. The third-order valence-corrected chi connectivity index (χ3v) is 3.86. The Morgan fingerprint density at radius 3 is 2.40 bits per heavy atom. The molecule has 0 bridgehead atoms. The minimum Gasteiger partial charge on any atom is -0.480 e. The molecule has 1 N–H and O–H groups in total. The van der Waals surface area contributed by atoms with Crippen LogP contribution in [0.3, 0.4) is 0 Å². The van der Waals surface area contributed by atoms with Gasteiger partial charge in [0.1, 0.15) is 6.04 Å². The van der Waals surface area contributed by atoms with Crippen molar-refractivity contribution < 1.29 is 9.90 Å². The highest BCUT2D eigenvalue weighted by molar-refractivity contribution is 5.74. The number of rotatable bonds is 3. The number of hydrogen-bond donors (Lipinski definition) is 1. The topological polar surface area (TPSA) is 40.5 Å². The molecule has 1 aliphatic rings. The Labute approximate surface area is 118 Å². The molecule has 1 aliphatic heterocycles. The largest absolute Gasteiger partial charge is 0.480 e. The lowest BCUT2D eigenvalue weighted by atomic mass is 9.93. The highest BCUT2D eigenvalue weighted by Gasteiger charge is 2.30. The van der Waals surface area contributed by atoms with E-state index < -0.39 is 12.0 Å². The molecule has 0 saturated carbocycles. The van der Waals surface area contributed by atoms with Gasteiger partial charge in [-0.05, 0) is 23.1 Å². The molecule has 0 amide bonds. The lowest BCUT2D eigenvalue weighted by Gasteiger charge is -2.34. The molecule has 0 fully saturated rings. The first-order valence-electron chi connectivity index (χ1n) is 6.81. The molecule has 0 radical (unpaired) electrons. The predicted octanol–water partition coefficient (Wildman–Crippen LogP) is 2.70. The number of carboxylic acids is 1. The predicted molar refractivity (Wildman–Crippen MR) is 77.3 cm³/mol. The average molecular weight is 267 g/mol. The summed E-state index contributed by atoms with van der Waals surface area (Å²) >= 11 is 0. The molecule has 3 heteroatoms. The summed E-state index contributed by atoms with van der Waals surface area (Å²) in [6.07, 6.45) is 0.582. The van der Waals surface area contributed by atoms with Crippen LogP contribution in [0.25, 0.3) is 0 Å². The highest BCUT2D eigenvalue weighted by Crippen LogP contribution is 2.25. The van der Waals surface area contributed by atoms with Crippen LogP contribution in [0, 0.1) is 0 Å². The van der Waals surface area contributed by atoms with Crippen molar-refractivity contribution in [3.8, 4) is 0 Å². The van der Waals surface area contributed by atoms with Crippen molar-refractivity contribution in [3.63, 3.8) is 0 Å². The molecule has 2 aromatic rings. The van der Waals surface area contributed by atoms with Crippen molar-refractivity contribution in [2.24, 2.45) is 0 Å². The maximum Gasteiger partial charge on any atom is 0.321 e. The first-order valence-corrected chi connectivity index (χ1v) is 6.81. The van der Waals surface area contributed by atoms with E-state index in [1.54, 1.807) is 0 Å². The Morgan fingerprint density at radius 2 is 1.70 bits per heavy atom. The van der Waals surface area contributed by atoms with E-state index >= 15 is 0 Å². The second kappa shape index (κ2) is 5.47. The molecule has 20 heavy (non-hydrogen) atoms. The van der Waals surface area contributed by atoms with E-state index in [9.17, 15) is 9.90 Å². The van der Waals surface area contributed by atoms with E-state index in [-0.39, 0.29) is 0 Å². The summed E-state index contributed by atoms with van der Waals surface area (Å²) in [5.74, 6) is -0.740. The number of carboxylic acid groups (broad SMARTS) is 1. The van der Waals surface area contributed by atoms with Crippen molar-refractivity contribution in [1.29, 1.82) is 0 Å². The molecule has 2 aromatic carbocycles. The van der Waals surface area contributed by atoms with Gasteiger partial charge >= 0.3 is 5.97 Å². The van der Waals surface area contributed by atoms with Crippen molar-refractivity contribution in [3.05, 3.63) is 71.3 Å². The molecule has 102 valence electrons. The Bertz CT molecular complexity index is 609. The van der Waals surface area contributed by atoms with Gasteiger partial charge in [-0.25, -0.2) is 0 Å². The molecule has 1 heterocycles. The van der Waals surface area contributed by atoms with Gasteiger partial charge in [0.15, 0.2) is 0 Å². The van der Waals surface area contributed by atoms with E-state index in [0.717, 1.165) is 11.1 Å². The van der Waals surface area contributed by atoms with E-state index in [1.807, 2.05) is 53.4 Å². The van der Waals surface area contributed by atoms with Gasteiger partial charge in [0.05, 0.1) is 0 Å². The van der Waals surface area contributed by atoms with E-state index in [1.165, 1.54) is 5.56 Å². The Kier molecular flexibility index (Phi) is 3.52. The van der Waals surface area contributed by atoms with Gasteiger partial charge in [0.2, 0.25) is 0 Å². The molecular weight excluding hydrogens is 250 g/mol. The summed E-state index contributed by atoms with van der Waals surface area (Å²) in [5, 5.41) is 9.47. The van der Waals surface area contributed by atoms with Gasteiger partial charge in [-0.2, -0.15) is 0 Å². The summed E-state index contributed by atoms with van der Waals surface area (Å²) in [5.41, 5.74) is 3.54. The fraction of sp³-hybridized carbons (Fsp3) is 0.235. The fourth-order valence-electron chi connectivity index (χ4n) is 2.80. The van der Waals surface area contributed by atoms with Crippen LogP contribution in [0.2, 0.25) is 0 Å². The SMILES string of the molecule is O=C(O)[C@H]1Cc2ccccc2CN1Cc1ccccc1. The summed E-state index contributed by atoms with van der Waals surface area (Å²) in [6, 6.07) is 17.7. The smallest absolute Gasteiger partial charge is 0.321 e. The molecule has 0 aliphatic carbocycles. The van der Waals surface area contributed by atoms with Crippen LogP contribution in [0.4, 0.5) is 0 Å². The molecule has 0 aromatic heterocycles. The van der Waals surface area contributed by atoms with Gasteiger partial charge < -0.3 is 5.11 Å². The van der Waals surface area contributed by atoms with E-state index in [4.69, 9.17) is 0 Å².